The minimum atomic E-state index is -0.0410. The Hall–Kier alpha value is -1.78. The molecule has 1 amide bonds. The molecule has 3 N–H and O–H groups in total. The predicted molar refractivity (Wildman–Crippen MR) is 84.6 cm³/mol. The number of halogens is 2. The SMILES string of the molecule is Nc1c(Cl)cc(NC(=O)[C@@H]2C[C@H]2c2cccnc2)cc1Cl. The van der Waals surface area contributed by atoms with Gasteiger partial charge in [0.15, 0.2) is 0 Å². The summed E-state index contributed by atoms with van der Waals surface area (Å²) in [6.07, 6.45) is 4.35. The fraction of sp³-hybridized carbons (Fsp3) is 0.200. The number of nitrogens with two attached hydrogens (primary N) is 1. The van der Waals surface area contributed by atoms with E-state index < -0.39 is 0 Å². The Morgan fingerprint density at radius 2 is 2.05 bits per heavy atom. The highest BCUT2D eigenvalue weighted by Crippen LogP contribution is 2.47. The Balaban J connectivity index is 1.69. The van der Waals surface area contributed by atoms with Crippen LogP contribution in [0.1, 0.15) is 17.9 Å². The third-order valence-corrected chi connectivity index (χ3v) is 4.21. The Kier molecular flexibility index (Phi) is 3.74. The number of benzene rings is 1. The van der Waals surface area contributed by atoms with Crippen LogP contribution >= 0.6 is 23.2 Å². The van der Waals surface area contributed by atoms with Gasteiger partial charge in [0.2, 0.25) is 5.91 Å². The van der Waals surface area contributed by atoms with Crippen molar-refractivity contribution in [3.63, 3.8) is 0 Å². The minimum Gasteiger partial charge on any atom is -0.396 e. The monoisotopic (exact) mass is 321 g/mol. The standard InChI is InChI=1S/C15H13Cl2N3O/c16-12-4-9(5-13(17)14(12)18)20-15(21)11-6-10(11)8-2-1-3-19-7-8/h1-5,7,10-11H,6,18H2,(H,20,21)/t10-,11+/m0/s1. The Morgan fingerprint density at radius 3 is 2.67 bits per heavy atom. The lowest BCUT2D eigenvalue weighted by molar-refractivity contribution is -0.117. The van der Waals surface area contributed by atoms with Crippen molar-refractivity contribution in [2.75, 3.05) is 11.1 Å². The van der Waals surface area contributed by atoms with E-state index in [1.165, 1.54) is 0 Å². The topological polar surface area (TPSA) is 68.0 Å². The summed E-state index contributed by atoms with van der Waals surface area (Å²) in [5.41, 5.74) is 7.63. The van der Waals surface area contributed by atoms with Gasteiger partial charge in [-0.25, -0.2) is 0 Å². The minimum absolute atomic E-state index is 0.0377. The molecule has 0 saturated heterocycles. The number of hydrogen-bond acceptors (Lipinski definition) is 3. The lowest BCUT2D eigenvalue weighted by Crippen LogP contribution is -2.14. The van der Waals surface area contributed by atoms with Crippen molar-refractivity contribution in [3.05, 3.63) is 52.3 Å². The quantitative estimate of drug-likeness (QED) is 0.847. The maximum Gasteiger partial charge on any atom is 0.228 e. The summed E-state index contributed by atoms with van der Waals surface area (Å²) in [7, 11) is 0. The van der Waals surface area contributed by atoms with Crippen LogP contribution < -0.4 is 11.1 Å². The molecule has 1 aliphatic rings. The van der Waals surface area contributed by atoms with Crippen LogP contribution in [0.3, 0.4) is 0 Å². The largest absolute Gasteiger partial charge is 0.396 e. The van der Waals surface area contributed by atoms with Gasteiger partial charge in [-0.1, -0.05) is 29.3 Å². The second-order valence-electron chi connectivity index (χ2n) is 5.08. The van der Waals surface area contributed by atoms with E-state index in [0.29, 0.717) is 21.4 Å². The van der Waals surface area contributed by atoms with Crippen LogP contribution in [0.15, 0.2) is 36.7 Å². The summed E-state index contributed by atoms with van der Waals surface area (Å²) in [4.78, 5) is 16.3. The lowest BCUT2D eigenvalue weighted by atomic mass is 10.1. The first-order valence-electron chi connectivity index (χ1n) is 6.51. The van der Waals surface area contributed by atoms with Crippen LogP contribution in [-0.4, -0.2) is 10.9 Å². The number of aromatic nitrogens is 1. The average Bonchev–Trinajstić information content (AvgIpc) is 3.26. The van der Waals surface area contributed by atoms with Crippen molar-refractivity contribution in [1.82, 2.24) is 4.98 Å². The molecule has 2 aromatic rings. The van der Waals surface area contributed by atoms with Gasteiger partial charge in [0, 0.05) is 24.0 Å². The van der Waals surface area contributed by atoms with Gasteiger partial charge in [-0.05, 0) is 36.1 Å². The summed E-state index contributed by atoms with van der Waals surface area (Å²) in [5, 5.41) is 3.49. The van der Waals surface area contributed by atoms with Gasteiger partial charge in [-0.2, -0.15) is 0 Å². The molecule has 0 aliphatic heterocycles. The highest BCUT2D eigenvalue weighted by molar-refractivity contribution is 6.39. The molecule has 1 aromatic carbocycles. The summed E-state index contributed by atoms with van der Waals surface area (Å²) in [5.74, 6) is 0.156. The van der Waals surface area contributed by atoms with Gasteiger partial charge in [0.25, 0.3) is 0 Å². The van der Waals surface area contributed by atoms with Crippen LogP contribution in [0.25, 0.3) is 0 Å². The highest BCUT2D eigenvalue weighted by atomic mass is 35.5. The van der Waals surface area contributed by atoms with E-state index in [4.69, 9.17) is 28.9 Å². The zero-order valence-corrected chi connectivity index (χ0v) is 12.5. The summed E-state index contributed by atoms with van der Waals surface area (Å²) in [6.45, 7) is 0. The van der Waals surface area contributed by atoms with Crippen molar-refractivity contribution < 1.29 is 4.79 Å². The van der Waals surface area contributed by atoms with Crippen LogP contribution in [0.2, 0.25) is 10.0 Å². The fourth-order valence-electron chi connectivity index (χ4n) is 2.34. The normalized spacial score (nSPS) is 20.1. The maximum atomic E-state index is 12.2. The van der Waals surface area contributed by atoms with Crippen molar-refractivity contribution in [2.45, 2.75) is 12.3 Å². The number of hydrogen-bond donors (Lipinski definition) is 2. The number of nitrogen functional groups attached to an aromatic ring is 1. The summed E-state index contributed by atoms with van der Waals surface area (Å²) in [6, 6.07) is 7.06. The number of rotatable bonds is 3. The zero-order chi connectivity index (χ0) is 15.0. The molecular formula is C15H13Cl2N3O. The molecule has 0 unspecified atom stereocenters. The molecule has 2 atom stereocenters. The average molecular weight is 322 g/mol. The first-order valence-corrected chi connectivity index (χ1v) is 7.27. The number of anilines is 2. The fourth-order valence-corrected chi connectivity index (χ4v) is 2.83. The summed E-state index contributed by atoms with van der Waals surface area (Å²) < 4.78 is 0. The molecule has 0 radical (unpaired) electrons. The van der Waals surface area contributed by atoms with E-state index in [0.717, 1.165) is 12.0 Å². The maximum absolute atomic E-state index is 12.2. The van der Waals surface area contributed by atoms with Crippen molar-refractivity contribution in [1.29, 1.82) is 0 Å². The molecule has 4 nitrogen and oxygen atoms in total. The lowest BCUT2D eigenvalue weighted by Gasteiger charge is -2.08. The van der Waals surface area contributed by atoms with E-state index in [1.54, 1.807) is 24.5 Å². The Bertz CT molecular complexity index is 668. The number of amides is 1. The van der Waals surface area contributed by atoms with Crippen LogP contribution in [0.5, 0.6) is 0 Å². The molecule has 6 heteroatoms. The van der Waals surface area contributed by atoms with Crippen molar-refractivity contribution in [2.24, 2.45) is 5.92 Å². The number of pyridine rings is 1. The van der Waals surface area contributed by atoms with Crippen LogP contribution in [-0.2, 0) is 4.79 Å². The molecule has 21 heavy (non-hydrogen) atoms. The van der Waals surface area contributed by atoms with E-state index in [2.05, 4.69) is 10.3 Å². The zero-order valence-electron chi connectivity index (χ0n) is 11.0. The third-order valence-electron chi connectivity index (χ3n) is 3.59. The molecule has 1 heterocycles. The van der Waals surface area contributed by atoms with Gasteiger partial charge < -0.3 is 11.1 Å². The highest BCUT2D eigenvalue weighted by Gasteiger charge is 2.44. The molecule has 1 aromatic heterocycles. The van der Waals surface area contributed by atoms with Gasteiger partial charge >= 0.3 is 0 Å². The van der Waals surface area contributed by atoms with Gasteiger partial charge in [0.05, 0.1) is 15.7 Å². The first-order chi connectivity index (χ1) is 10.1. The second-order valence-corrected chi connectivity index (χ2v) is 5.89. The molecule has 3 rings (SSSR count). The second kappa shape index (κ2) is 5.54. The van der Waals surface area contributed by atoms with Gasteiger partial charge in [-0.3, -0.25) is 9.78 Å². The molecule has 1 fully saturated rings. The molecule has 0 spiro atoms. The van der Waals surface area contributed by atoms with Crippen molar-refractivity contribution in [3.8, 4) is 0 Å². The van der Waals surface area contributed by atoms with E-state index >= 15 is 0 Å². The van der Waals surface area contributed by atoms with E-state index in [9.17, 15) is 4.79 Å². The third kappa shape index (κ3) is 2.96. The number of carbonyl (C=O) groups is 1. The number of nitrogens with one attached hydrogen (secondary N) is 1. The number of nitrogens with zero attached hydrogens (tertiary/aromatic N) is 1. The van der Waals surface area contributed by atoms with Gasteiger partial charge in [-0.15, -0.1) is 0 Å². The molecule has 1 saturated carbocycles. The molecule has 108 valence electrons. The van der Waals surface area contributed by atoms with E-state index in [1.807, 2.05) is 12.1 Å². The Morgan fingerprint density at radius 1 is 1.33 bits per heavy atom. The molecule has 1 aliphatic carbocycles. The molecular weight excluding hydrogens is 309 g/mol. The smallest absolute Gasteiger partial charge is 0.228 e. The Labute approximate surface area is 132 Å². The van der Waals surface area contributed by atoms with Crippen molar-refractivity contribution >= 4 is 40.5 Å². The predicted octanol–water partition coefficient (Wildman–Crippen LogP) is 3.71. The number of carbonyl (C=O) groups excluding carboxylic acids is 1. The van der Waals surface area contributed by atoms with Gasteiger partial charge in [0.1, 0.15) is 0 Å². The van der Waals surface area contributed by atoms with Crippen LogP contribution in [0.4, 0.5) is 11.4 Å². The van der Waals surface area contributed by atoms with Crippen LogP contribution in [0, 0.1) is 5.92 Å². The summed E-state index contributed by atoms with van der Waals surface area (Å²) >= 11 is 11.9. The first kappa shape index (κ1) is 14.2. The van der Waals surface area contributed by atoms with E-state index in [-0.39, 0.29) is 17.7 Å². The molecule has 0 bridgehead atoms.